The van der Waals surface area contributed by atoms with Gasteiger partial charge in [-0.05, 0) is 56.9 Å². The van der Waals surface area contributed by atoms with Crippen LogP contribution in [0, 0.1) is 12.3 Å². The minimum absolute atomic E-state index is 0.127. The molecule has 0 spiro atoms. The van der Waals surface area contributed by atoms with Crippen LogP contribution in [-0.2, 0) is 4.79 Å². The lowest BCUT2D eigenvalue weighted by molar-refractivity contribution is -0.120. The van der Waals surface area contributed by atoms with Crippen molar-refractivity contribution in [3.63, 3.8) is 0 Å². The van der Waals surface area contributed by atoms with Crippen molar-refractivity contribution in [2.45, 2.75) is 53.1 Å². The molecule has 0 radical (unpaired) electrons. The molecule has 1 saturated carbocycles. The van der Waals surface area contributed by atoms with Gasteiger partial charge in [0, 0.05) is 11.1 Å². The molecule has 1 aromatic rings. The Kier molecular flexibility index (Phi) is 3.83. The first-order chi connectivity index (χ1) is 8.94. The first-order valence-corrected chi connectivity index (χ1v) is 7.03. The number of aryl methyl sites for hydroxylation is 1. The fourth-order valence-corrected chi connectivity index (χ4v) is 1.86. The first kappa shape index (κ1) is 13.9. The van der Waals surface area contributed by atoms with Crippen LogP contribution in [0.1, 0.15) is 45.6 Å². The zero-order chi connectivity index (χ0) is 14.0. The van der Waals surface area contributed by atoms with Gasteiger partial charge in [0.2, 0.25) is 5.91 Å². The molecule has 0 aliphatic heterocycles. The van der Waals surface area contributed by atoms with Crippen LogP contribution in [0.4, 0.5) is 5.69 Å². The predicted molar refractivity (Wildman–Crippen MR) is 77.5 cm³/mol. The summed E-state index contributed by atoms with van der Waals surface area (Å²) in [5.41, 5.74) is 1.77. The van der Waals surface area contributed by atoms with Gasteiger partial charge >= 0.3 is 0 Å². The zero-order valence-corrected chi connectivity index (χ0v) is 12.2. The van der Waals surface area contributed by atoms with E-state index in [4.69, 9.17) is 4.74 Å². The van der Waals surface area contributed by atoms with Crippen molar-refractivity contribution in [1.82, 2.24) is 0 Å². The van der Waals surface area contributed by atoms with E-state index < -0.39 is 0 Å². The van der Waals surface area contributed by atoms with Crippen molar-refractivity contribution in [2.75, 3.05) is 5.32 Å². The maximum atomic E-state index is 12.0. The van der Waals surface area contributed by atoms with Gasteiger partial charge in [0.1, 0.15) is 5.75 Å². The summed E-state index contributed by atoms with van der Waals surface area (Å²) in [6.07, 6.45) is 3.18. The van der Waals surface area contributed by atoms with Gasteiger partial charge in [-0.2, -0.15) is 0 Å². The molecule has 0 aromatic heterocycles. The number of benzene rings is 1. The number of hydrogen-bond donors (Lipinski definition) is 1. The summed E-state index contributed by atoms with van der Waals surface area (Å²) in [5.74, 6) is 1.02. The van der Waals surface area contributed by atoms with Crippen LogP contribution >= 0.6 is 0 Å². The van der Waals surface area contributed by atoms with Crippen molar-refractivity contribution < 1.29 is 9.53 Å². The Labute approximate surface area is 115 Å². The number of carbonyl (C=O) groups is 1. The molecule has 104 valence electrons. The Morgan fingerprint density at radius 3 is 2.68 bits per heavy atom. The minimum atomic E-state index is -0.139. The maximum Gasteiger partial charge on any atom is 0.230 e. The highest BCUT2D eigenvalue weighted by Crippen LogP contribution is 2.45. The third kappa shape index (κ3) is 3.28. The van der Waals surface area contributed by atoms with E-state index in [1.54, 1.807) is 0 Å². The highest BCUT2D eigenvalue weighted by Gasteiger charge is 2.44. The monoisotopic (exact) mass is 261 g/mol. The number of hydrogen-bond acceptors (Lipinski definition) is 2. The Morgan fingerprint density at radius 2 is 2.16 bits per heavy atom. The average molecular weight is 261 g/mol. The van der Waals surface area contributed by atoms with Crippen molar-refractivity contribution >= 4 is 11.6 Å². The second kappa shape index (κ2) is 5.24. The van der Waals surface area contributed by atoms with E-state index in [0.717, 1.165) is 36.3 Å². The Bertz CT molecular complexity index is 478. The number of anilines is 1. The van der Waals surface area contributed by atoms with Crippen LogP contribution in [0.2, 0.25) is 0 Å². The van der Waals surface area contributed by atoms with Crippen LogP contribution < -0.4 is 10.1 Å². The molecule has 1 unspecified atom stereocenters. The highest BCUT2D eigenvalue weighted by molar-refractivity contribution is 5.96. The number of amides is 1. The van der Waals surface area contributed by atoms with Gasteiger partial charge < -0.3 is 10.1 Å². The van der Waals surface area contributed by atoms with Crippen LogP contribution in [0.5, 0.6) is 5.75 Å². The second-order valence-corrected chi connectivity index (χ2v) is 5.83. The van der Waals surface area contributed by atoms with Gasteiger partial charge in [-0.15, -0.1) is 0 Å². The Hall–Kier alpha value is -1.51. The normalized spacial score (nSPS) is 17.7. The minimum Gasteiger partial charge on any atom is -0.490 e. The molecule has 3 heteroatoms. The molecule has 1 aromatic carbocycles. The molecule has 1 aliphatic carbocycles. The molecule has 1 fully saturated rings. The molecule has 3 nitrogen and oxygen atoms in total. The molecule has 19 heavy (non-hydrogen) atoms. The van der Waals surface area contributed by atoms with E-state index in [1.165, 1.54) is 0 Å². The largest absolute Gasteiger partial charge is 0.490 e. The first-order valence-electron chi connectivity index (χ1n) is 7.03. The number of nitrogens with one attached hydrogen (secondary N) is 1. The van der Waals surface area contributed by atoms with Crippen LogP contribution in [0.15, 0.2) is 18.2 Å². The highest BCUT2D eigenvalue weighted by atomic mass is 16.5. The molecule has 0 saturated heterocycles. The van der Waals surface area contributed by atoms with Crippen LogP contribution in [0.3, 0.4) is 0 Å². The van der Waals surface area contributed by atoms with E-state index in [2.05, 4.69) is 19.2 Å². The van der Waals surface area contributed by atoms with Gasteiger partial charge in [-0.25, -0.2) is 0 Å². The van der Waals surface area contributed by atoms with Gasteiger partial charge in [-0.3, -0.25) is 4.79 Å². The summed E-state index contributed by atoms with van der Waals surface area (Å²) in [5, 5.41) is 2.99. The smallest absolute Gasteiger partial charge is 0.230 e. The van der Waals surface area contributed by atoms with Gasteiger partial charge in [0.05, 0.1) is 6.10 Å². The third-order valence-corrected chi connectivity index (χ3v) is 3.88. The van der Waals surface area contributed by atoms with Gasteiger partial charge in [-0.1, -0.05) is 13.8 Å². The van der Waals surface area contributed by atoms with E-state index in [9.17, 15) is 4.79 Å². The van der Waals surface area contributed by atoms with Crippen LogP contribution in [-0.4, -0.2) is 12.0 Å². The summed E-state index contributed by atoms with van der Waals surface area (Å²) in [6.45, 7) is 8.18. The van der Waals surface area contributed by atoms with Crippen molar-refractivity contribution in [2.24, 2.45) is 5.41 Å². The second-order valence-electron chi connectivity index (χ2n) is 5.83. The summed E-state index contributed by atoms with van der Waals surface area (Å²) in [6, 6.07) is 5.82. The van der Waals surface area contributed by atoms with E-state index in [1.807, 2.05) is 32.0 Å². The molecule has 1 amide bonds. The van der Waals surface area contributed by atoms with Gasteiger partial charge in [0.15, 0.2) is 0 Å². The van der Waals surface area contributed by atoms with E-state index in [0.29, 0.717) is 0 Å². The number of carbonyl (C=O) groups excluding carboxylic acids is 1. The molecule has 1 aliphatic rings. The molecule has 2 rings (SSSR count). The molecular formula is C16H23NO2. The summed E-state index contributed by atoms with van der Waals surface area (Å²) < 4.78 is 5.82. The molecule has 0 bridgehead atoms. The fraction of sp³-hybridized carbons (Fsp3) is 0.562. The number of rotatable bonds is 5. The summed E-state index contributed by atoms with van der Waals surface area (Å²) in [7, 11) is 0. The van der Waals surface area contributed by atoms with Crippen LogP contribution in [0.25, 0.3) is 0 Å². The van der Waals surface area contributed by atoms with Crippen molar-refractivity contribution in [1.29, 1.82) is 0 Å². The van der Waals surface area contributed by atoms with Crippen molar-refractivity contribution in [3.05, 3.63) is 23.8 Å². The predicted octanol–water partition coefficient (Wildman–Crippen LogP) is 3.91. The fourth-order valence-electron chi connectivity index (χ4n) is 1.86. The quantitative estimate of drug-likeness (QED) is 0.872. The Balaban J connectivity index is 2.04. The lowest BCUT2D eigenvalue weighted by atomic mass is 10.1. The zero-order valence-electron chi connectivity index (χ0n) is 12.2. The van der Waals surface area contributed by atoms with E-state index >= 15 is 0 Å². The van der Waals surface area contributed by atoms with Crippen molar-refractivity contribution in [3.8, 4) is 5.75 Å². The lowest BCUT2D eigenvalue weighted by Crippen LogP contribution is -2.21. The maximum absolute atomic E-state index is 12.0. The standard InChI is InChI=1S/C16H23NO2/c1-5-12(3)19-14-7-6-13(10-11(14)2)17-15(18)16(4)8-9-16/h6-7,10,12H,5,8-9H2,1-4H3,(H,17,18). The Morgan fingerprint density at radius 1 is 1.47 bits per heavy atom. The third-order valence-electron chi connectivity index (χ3n) is 3.88. The molecule has 1 atom stereocenters. The SMILES string of the molecule is CCC(C)Oc1ccc(NC(=O)C2(C)CC2)cc1C. The average Bonchev–Trinajstić information content (AvgIpc) is 3.12. The molecule has 1 N–H and O–H groups in total. The summed E-state index contributed by atoms with van der Waals surface area (Å²) in [4.78, 5) is 12.0. The number of ether oxygens (including phenoxy) is 1. The topological polar surface area (TPSA) is 38.3 Å². The van der Waals surface area contributed by atoms with Gasteiger partial charge in [0.25, 0.3) is 0 Å². The lowest BCUT2D eigenvalue weighted by Gasteiger charge is -2.16. The molecule has 0 heterocycles. The summed E-state index contributed by atoms with van der Waals surface area (Å²) >= 11 is 0. The molecular weight excluding hydrogens is 238 g/mol. The van der Waals surface area contributed by atoms with E-state index in [-0.39, 0.29) is 17.4 Å².